The number of aromatic nitrogens is 3. The smallest absolute Gasteiger partial charge is 0.159 e. The van der Waals surface area contributed by atoms with Gasteiger partial charge >= 0.3 is 0 Å². The largest absolute Gasteiger partial charge is 0.314 e. The molecule has 2 unspecified atom stereocenters. The molecule has 3 heterocycles. The molecule has 0 bridgehead atoms. The number of nitrogens with one attached hydrogen (secondary N) is 1. The summed E-state index contributed by atoms with van der Waals surface area (Å²) in [6, 6.07) is 4.63. The van der Waals surface area contributed by atoms with E-state index in [0.29, 0.717) is 12.0 Å². The van der Waals surface area contributed by atoms with Crippen molar-refractivity contribution in [3.63, 3.8) is 0 Å². The Balaban J connectivity index is 2.03. The van der Waals surface area contributed by atoms with Crippen LogP contribution in [0.2, 0.25) is 0 Å². The molecule has 0 radical (unpaired) electrons. The summed E-state index contributed by atoms with van der Waals surface area (Å²) in [5, 5.41) is 3.51. The lowest BCUT2D eigenvalue weighted by Crippen LogP contribution is -2.35. The number of rotatable bonds is 3. The maximum Gasteiger partial charge on any atom is 0.159 e. The second-order valence-corrected chi connectivity index (χ2v) is 5.54. The lowest BCUT2D eigenvalue weighted by atomic mass is 9.92. The van der Waals surface area contributed by atoms with E-state index >= 15 is 0 Å². The highest BCUT2D eigenvalue weighted by atomic mass is 15.1. The van der Waals surface area contributed by atoms with Crippen LogP contribution in [0.1, 0.15) is 44.9 Å². The van der Waals surface area contributed by atoms with E-state index in [2.05, 4.69) is 34.8 Å². The van der Waals surface area contributed by atoms with Gasteiger partial charge in [-0.05, 0) is 44.9 Å². The van der Waals surface area contributed by atoms with Crippen molar-refractivity contribution in [2.45, 2.75) is 51.6 Å². The van der Waals surface area contributed by atoms with Crippen molar-refractivity contribution >= 4 is 11.2 Å². The van der Waals surface area contributed by atoms with Crippen molar-refractivity contribution in [1.82, 2.24) is 19.9 Å². The standard InChI is InChI=1S/C15H22N4/c1-3-9-19-14(12-6-8-16-11(2)10-12)18-13-5-4-7-17-15(13)19/h4-5,7,11-12,16H,3,6,8-10H2,1-2H3. The number of pyridine rings is 1. The minimum Gasteiger partial charge on any atom is -0.314 e. The van der Waals surface area contributed by atoms with Gasteiger partial charge in [0.15, 0.2) is 5.65 Å². The lowest BCUT2D eigenvalue weighted by molar-refractivity contribution is 0.364. The molecule has 2 aromatic heterocycles. The van der Waals surface area contributed by atoms with E-state index in [1.165, 1.54) is 18.7 Å². The summed E-state index contributed by atoms with van der Waals surface area (Å²) in [5.74, 6) is 1.81. The molecule has 102 valence electrons. The van der Waals surface area contributed by atoms with Gasteiger partial charge in [-0.25, -0.2) is 9.97 Å². The molecule has 2 aromatic rings. The van der Waals surface area contributed by atoms with Crippen molar-refractivity contribution < 1.29 is 0 Å². The van der Waals surface area contributed by atoms with Crippen LogP contribution in [0.15, 0.2) is 18.3 Å². The molecular formula is C15H22N4. The molecule has 1 saturated heterocycles. The van der Waals surface area contributed by atoms with E-state index in [-0.39, 0.29) is 0 Å². The van der Waals surface area contributed by atoms with Crippen LogP contribution in [-0.2, 0) is 6.54 Å². The number of fused-ring (bicyclic) bond motifs is 1. The highest BCUT2D eigenvalue weighted by molar-refractivity contribution is 5.71. The Hall–Kier alpha value is -1.42. The van der Waals surface area contributed by atoms with Crippen LogP contribution >= 0.6 is 0 Å². The molecule has 0 amide bonds. The van der Waals surface area contributed by atoms with E-state index in [9.17, 15) is 0 Å². The topological polar surface area (TPSA) is 42.7 Å². The Morgan fingerprint density at radius 2 is 2.37 bits per heavy atom. The van der Waals surface area contributed by atoms with Gasteiger partial charge in [-0.2, -0.15) is 0 Å². The molecule has 19 heavy (non-hydrogen) atoms. The normalized spacial score (nSPS) is 23.9. The molecule has 0 aliphatic carbocycles. The Morgan fingerprint density at radius 1 is 1.47 bits per heavy atom. The van der Waals surface area contributed by atoms with E-state index in [1.54, 1.807) is 0 Å². The summed E-state index contributed by atoms with van der Waals surface area (Å²) < 4.78 is 2.33. The summed E-state index contributed by atoms with van der Waals surface area (Å²) in [4.78, 5) is 9.38. The van der Waals surface area contributed by atoms with Crippen molar-refractivity contribution in [2.75, 3.05) is 6.54 Å². The average Bonchev–Trinajstić information content (AvgIpc) is 2.79. The molecule has 1 aliphatic heterocycles. The number of hydrogen-bond acceptors (Lipinski definition) is 3. The van der Waals surface area contributed by atoms with Gasteiger partial charge < -0.3 is 9.88 Å². The van der Waals surface area contributed by atoms with Crippen LogP contribution < -0.4 is 5.32 Å². The number of imidazole rings is 1. The first-order valence-corrected chi connectivity index (χ1v) is 7.34. The maximum atomic E-state index is 4.86. The van der Waals surface area contributed by atoms with Crippen LogP contribution in [0.25, 0.3) is 11.2 Å². The Kier molecular flexibility index (Phi) is 3.51. The van der Waals surface area contributed by atoms with Gasteiger partial charge in [-0.1, -0.05) is 6.92 Å². The van der Waals surface area contributed by atoms with Crippen LogP contribution in [0.4, 0.5) is 0 Å². The first kappa shape index (κ1) is 12.6. The van der Waals surface area contributed by atoms with Crippen LogP contribution in [-0.4, -0.2) is 27.1 Å². The second-order valence-electron chi connectivity index (χ2n) is 5.54. The molecule has 2 atom stereocenters. The number of piperidine rings is 1. The van der Waals surface area contributed by atoms with Gasteiger partial charge in [0, 0.05) is 24.7 Å². The minimum absolute atomic E-state index is 0.567. The van der Waals surface area contributed by atoms with Gasteiger partial charge in [0.05, 0.1) is 0 Å². The number of nitrogens with zero attached hydrogens (tertiary/aromatic N) is 3. The maximum absolute atomic E-state index is 4.86. The van der Waals surface area contributed by atoms with Crippen molar-refractivity contribution in [2.24, 2.45) is 0 Å². The fourth-order valence-electron chi connectivity index (χ4n) is 3.10. The SMILES string of the molecule is CCCn1c(C2CCNC(C)C2)nc2cccnc21. The Labute approximate surface area is 114 Å². The van der Waals surface area contributed by atoms with Crippen molar-refractivity contribution in [1.29, 1.82) is 0 Å². The minimum atomic E-state index is 0.567. The molecule has 4 nitrogen and oxygen atoms in total. The van der Waals surface area contributed by atoms with E-state index < -0.39 is 0 Å². The van der Waals surface area contributed by atoms with Gasteiger partial charge in [0.2, 0.25) is 0 Å². The number of aryl methyl sites for hydroxylation is 1. The zero-order chi connectivity index (χ0) is 13.2. The molecule has 1 N–H and O–H groups in total. The van der Waals surface area contributed by atoms with E-state index in [1.807, 2.05) is 12.3 Å². The van der Waals surface area contributed by atoms with E-state index in [4.69, 9.17) is 4.98 Å². The predicted molar refractivity (Wildman–Crippen MR) is 77.3 cm³/mol. The van der Waals surface area contributed by atoms with Gasteiger partial charge in [-0.15, -0.1) is 0 Å². The molecule has 1 fully saturated rings. The molecule has 0 spiro atoms. The zero-order valence-electron chi connectivity index (χ0n) is 11.8. The van der Waals surface area contributed by atoms with Crippen molar-refractivity contribution in [3.05, 3.63) is 24.2 Å². The first-order chi connectivity index (χ1) is 9.29. The second kappa shape index (κ2) is 5.29. The quantitative estimate of drug-likeness (QED) is 0.920. The zero-order valence-corrected chi connectivity index (χ0v) is 11.8. The molecule has 0 aromatic carbocycles. The molecular weight excluding hydrogens is 236 g/mol. The fraction of sp³-hybridized carbons (Fsp3) is 0.600. The summed E-state index contributed by atoms with van der Waals surface area (Å²) in [6.45, 7) is 6.58. The molecule has 4 heteroatoms. The third kappa shape index (κ3) is 2.37. The van der Waals surface area contributed by atoms with Crippen molar-refractivity contribution in [3.8, 4) is 0 Å². The average molecular weight is 258 g/mol. The van der Waals surface area contributed by atoms with Crippen LogP contribution in [0.3, 0.4) is 0 Å². The third-order valence-corrected chi connectivity index (χ3v) is 3.97. The van der Waals surface area contributed by atoms with Crippen LogP contribution in [0, 0.1) is 0 Å². The number of hydrogen-bond donors (Lipinski definition) is 1. The summed E-state index contributed by atoms with van der Waals surface area (Å²) >= 11 is 0. The Morgan fingerprint density at radius 3 is 3.16 bits per heavy atom. The van der Waals surface area contributed by atoms with Gasteiger partial charge in [-0.3, -0.25) is 0 Å². The highest BCUT2D eigenvalue weighted by Gasteiger charge is 2.25. The predicted octanol–water partition coefficient (Wildman–Crippen LogP) is 2.70. The van der Waals surface area contributed by atoms with Gasteiger partial charge in [0.1, 0.15) is 11.3 Å². The summed E-state index contributed by atoms with van der Waals surface area (Å²) in [7, 11) is 0. The molecule has 3 rings (SSSR count). The van der Waals surface area contributed by atoms with Crippen LogP contribution in [0.5, 0.6) is 0 Å². The van der Waals surface area contributed by atoms with Gasteiger partial charge in [0.25, 0.3) is 0 Å². The molecule has 0 saturated carbocycles. The third-order valence-electron chi connectivity index (χ3n) is 3.97. The molecule has 1 aliphatic rings. The van der Waals surface area contributed by atoms with E-state index in [0.717, 1.165) is 30.7 Å². The summed E-state index contributed by atoms with van der Waals surface area (Å²) in [5.41, 5.74) is 2.09. The monoisotopic (exact) mass is 258 g/mol. The fourth-order valence-corrected chi connectivity index (χ4v) is 3.10. The first-order valence-electron chi connectivity index (χ1n) is 7.34. The highest BCUT2D eigenvalue weighted by Crippen LogP contribution is 2.29. The lowest BCUT2D eigenvalue weighted by Gasteiger charge is -2.28. The summed E-state index contributed by atoms with van der Waals surface area (Å²) in [6.07, 6.45) is 5.34. The Bertz CT molecular complexity index is 560.